The molecule has 2 amide bonds. The Bertz CT molecular complexity index is 1140. The van der Waals surface area contributed by atoms with Crippen molar-refractivity contribution in [3.05, 3.63) is 72.3 Å². The molecule has 2 aromatic carbocycles. The van der Waals surface area contributed by atoms with Gasteiger partial charge in [0, 0.05) is 51.2 Å². The number of benzene rings is 2. The van der Waals surface area contributed by atoms with Gasteiger partial charge in [-0.05, 0) is 30.5 Å². The van der Waals surface area contributed by atoms with Crippen LogP contribution in [0.3, 0.4) is 0 Å². The zero-order valence-electron chi connectivity index (χ0n) is 19.4. The zero-order valence-corrected chi connectivity index (χ0v) is 19.4. The minimum atomic E-state index is -0.340. The number of para-hydroxylation sites is 1. The van der Waals surface area contributed by atoms with Crippen LogP contribution in [0.15, 0.2) is 60.9 Å². The minimum Gasteiger partial charge on any atom is -0.496 e. The molecule has 0 spiro atoms. The number of hydrogen-bond donors (Lipinski definition) is 0. The molecule has 172 valence electrons. The first-order chi connectivity index (χ1) is 16.0. The fraction of sp³-hybridized carbons (Fsp3) is 0.346. The van der Waals surface area contributed by atoms with Crippen LogP contribution in [0.4, 0.5) is 0 Å². The minimum absolute atomic E-state index is 0.0856. The van der Waals surface area contributed by atoms with Crippen LogP contribution in [0.5, 0.6) is 5.75 Å². The van der Waals surface area contributed by atoms with E-state index < -0.39 is 0 Å². The summed E-state index contributed by atoms with van der Waals surface area (Å²) in [6.45, 7) is 3.98. The van der Waals surface area contributed by atoms with Crippen LogP contribution in [0, 0.1) is 5.92 Å². The maximum atomic E-state index is 13.4. The van der Waals surface area contributed by atoms with Gasteiger partial charge in [-0.3, -0.25) is 9.59 Å². The first-order valence-electron chi connectivity index (χ1n) is 11.3. The number of carbonyl (C=O) groups is 2. The van der Waals surface area contributed by atoms with Gasteiger partial charge in [0.2, 0.25) is 5.91 Å². The van der Waals surface area contributed by atoms with E-state index in [4.69, 9.17) is 4.74 Å². The van der Waals surface area contributed by atoms with Crippen LogP contribution in [0.25, 0.3) is 11.1 Å². The van der Waals surface area contributed by atoms with Crippen LogP contribution in [0.2, 0.25) is 0 Å². The highest BCUT2D eigenvalue weighted by molar-refractivity contribution is 5.92. The lowest BCUT2D eigenvalue weighted by atomic mass is 9.91. The number of hydrogen-bond acceptors (Lipinski definition) is 4. The molecule has 1 aliphatic heterocycles. The van der Waals surface area contributed by atoms with E-state index in [1.54, 1.807) is 29.0 Å². The van der Waals surface area contributed by atoms with E-state index >= 15 is 0 Å². The molecule has 0 saturated carbocycles. The Balaban J connectivity index is 1.66. The highest BCUT2D eigenvalue weighted by Gasteiger charge is 2.33. The molecule has 2 heterocycles. The molecule has 1 saturated heterocycles. The van der Waals surface area contributed by atoms with Crippen LogP contribution in [0.1, 0.15) is 23.1 Å². The second-order valence-electron chi connectivity index (χ2n) is 8.29. The molecule has 0 bridgehead atoms. The molecule has 3 aromatic rings. The maximum absolute atomic E-state index is 13.4. The van der Waals surface area contributed by atoms with Crippen LogP contribution < -0.4 is 4.74 Å². The highest BCUT2D eigenvalue weighted by atomic mass is 16.5. The fourth-order valence-corrected chi connectivity index (χ4v) is 4.50. The third-order valence-electron chi connectivity index (χ3n) is 6.30. The van der Waals surface area contributed by atoms with Gasteiger partial charge in [0.15, 0.2) is 5.82 Å². The summed E-state index contributed by atoms with van der Waals surface area (Å²) >= 11 is 0. The number of likely N-dealkylation sites (N-methyl/N-ethyl adjacent to an activating group) is 1. The fourth-order valence-electron chi connectivity index (χ4n) is 4.50. The number of ether oxygens (including phenoxy) is 1. The summed E-state index contributed by atoms with van der Waals surface area (Å²) < 4.78 is 7.30. The highest BCUT2D eigenvalue weighted by Crippen LogP contribution is 2.33. The van der Waals surface area contributed by atoms with Crippen molar-refractivity contribution in [3.8, 4) is 16.9 Å². The average molecular weight is 447 g/mol. The van der Waals surface area contributed by atoms with E-state index in [1.165, 1.54) is 0 Å². The number of nitrogens with zero attached hydrogens (tertiary/aromatic N) is 4. The molecule has 1 unspecified atom stereocenters. The zero-order chi connectivity index (χ0) is 23.4. The topological polar surface area (TPSA) is 67.7 Å². The molecule has 0 radical (unpaired) electrons. The van der Waals surface area contributed by atoms with Gasteiger partial charge < -0.3 is 19.1 Å². The molecule has 0 aliphatic carbocycles. The van der Waals surface area contributed by atoms with Gasteiger partial charge in [0.25, 0.3) is 5.91 Å². The summed E-state index contributed by atoms with van der Waals surface area (Å²) in [5.74, 6) is 0.783. The molecule has 4 rings (SSSR count). The van der Waals surface area contributed by atoms with E-state index in [-0.39, 0.29) is 17.7 Å². The molecule has 1 aliphatic rings. The van der Waals surface area contributed by atoms with Crippen molar-refractivity contribution in [1.82, 2.24) is 19.4 Å². The Kier molecular flexibility index (Phi) is 6.77. The molecule has 7 heteroatoms. The van der Waals surface area contributed by atoms with Crippen molar-refractivity contribution in [3.63, 3.8) is 0 Å². The van der Waals surface area contributed by atoms with Gasteiger partial charge >= 0.3 is 0 Å². The summed E-state index contributed by atoms with van der Waals surface area (Å²) in [6.07, 6.45) is 3.92. The molecule has 0 N–H and O–H groups in total. The van der Waals surface area contributed by atoms with E-state index in [2.05, 4.69) is 17.1 Å². The lowest BCUT2D eigenvalue weighted by Gasteiger charge is -2.24. The normalized spacial score (nSPS) is 16.6. The number of carbonyl (C=O) groups excluding carboxylic acids is 2. The Morgan fingerprint density at radius 1 is 1.09 bits per heavy atom. The van der Waals surface area contributed by atoms with E-state index in [0.29, 0.717) is 38.4 Å². The lowest BCUT2D eigenvalue weighted by molar-refractivity contribution is -0.134. The van der Waals surface area contributed by atoms with Crippen LogP contribution >= 0.6 is 0 Å². The summed E-state index contributed by atoms with van der Waals surface area (Å²) in [4.78, 5) is 34.5. The van der Waals surface area contributed by atoms with Gasteiger partial charge in [0.05, 0.1) is 13.0 Å². The number of methoxy groups -OCH3 is 1. The molecule has 1 atom stereocenters. The van der Waals surface area contributed by atoms with Crippen molar-refractivity contribution < 1.29 is 14.3 Å². The Labute approximate surface area is 194 Å². The first kappa shape index (κ1) is 22.6. The van der Waals surface area contributed by atoms with Crippen molar-refractivity contribution in [1.29, 1.82) is 0 Å². The molecule has 33 heavy (non-hydrogen) atoms. The summed E-state index contributed by atoms with van der Waals surface area (Å²) in [6, 6.07) is 16.0. The van der Waals surface area contributed by atoms with E-state index in [0.717, 1.165) is 22.4 Å². The first-order valence-corrected chi connectivity index (χ1v) is 11.3. The Morgan fingerprint density at radius 2 is 1.82 bits per heavy atom. The van der Waals surface area contributed by atoms with Crippen LogP contribution in [-0.2, 0) is 18.3 Å². The number of imidazole rings is 1. The Morgan fingerprint density at radius 3 is 2.52 bits per heavy atom. The van der Waals surface area contributed by atoms with Crippen molar-refractivity contribution in [2.24, 2.45) is 13.0 Å². The smallest absolute Gasteiger partial charge is 0.289 e. The Hall–Kier alpha value is -3.61. The summed E-state index contributed by atoms with van der Waals surface area (Å²) in [5.41, 5.74) is 3.09. The third kappa shape index (κ3) is 4.62. The SMILES string of the molecule is CCN1CCN(C(=O)c2nccn2C)CC(Cc2ccccc2-c2ccccc2OC)C1=O. The predicted octanol–water partition coefficient (Wildman–Crippen LogP) is 3.26. The summed E-state index contributed by atoms with van der Waals surface area (Å²) in [7, 11) is 3.47. The van der Waals surface area contributed by atoms with Gasteiger partial charge in [-0.2, -0.15) is 0 Å². The van der Waals surface area contributed by atoms with Gasteiger partial charge in [-0.15, -0.1) is 0 Å². The molecule has 1 fully saturated rings. The quantitative estimate of drug-likeness (QED) is 0.583. The van der Waals surface area contributed by atoms with Gasteiger partial charge in [-0.1, -0.05) is 42.5 Å². The number of rotatable bonds is 6. The van der Waals surface area contributed by atoms with Crippen molar-refractivity contribution in [2.75, 3.05) is 33.3 Å². The second kappa shape index (κ2) is 9.90. The van der Waals surface area contributed by atoms with E-state index in [9.17, 15) is 9.59 Å². The van der Waals surface area contributed by atoms with Crippen molar-refractivity contribution in [2.45, 2.75) is 13.3 Å². The van der Waals surface area contributed by atoms with Gasteiger partial charge in [-0.25, -0.2) is 4.98 Å². The molecular formula is C26H30N4O3. The predicted molar refractivity (Wildman–Crippen MR) is 127 cm³/mol. The largest absolute Gasteiger partial charge is 0.496 e. The van der Waals surface area contributed by atoms with Gasteiger partial charge in [0.1, 0.15) is 5.75 Å². The van der Waals surface area contributed by atoms with Crippen molar-refractivity contribution >= 4 is 11.8 Å². The van der Waals surface area contributed by atoms with E-state index in [1.807, 2.05) is 55.3 Å². The summed E-state index contributed by atoms with van der Waals surface area (Å²) in [5, 5.41) is 0. The lowest BCUT2D eigenvalue weighted by Crippen LogP contribution is -2.38. The molecule has 7 nitrogen and oxygen atoms in total. The second-order valence-corrected chi connectivity index (χ2v) is 8.29. The third-order valence-corrected chi connectivity index (χ3v) is 6.30. The maximum Gasteiger partial charge on any atom is 0.289 e. The average Bonchev–Trinajstić information content (AvgIpc) is 3.21. The number of aromatic nitrogens is 2. The monoisotopic (exact) mass is 446 g/mol. The molecule has 1 aromatic heterocycles. The number of aryl methyl sites for hydroxylation is 1. The standard InChI is InChI=1S/C26H30N4O3/c1-4-29-15-16-30(26(32)24-27-13-14-28(24)2)18-20(25(29)31)17-19-9-5-6-10-21(19)22-11-7-8-12-23(22)33-3/h5-14,20H,4,15-18H2,1-3H3. The molecular weight excluding hydrogens is 416 g/mol. The van der Waals surface area contributed by atoms with Crippen LogP contribution in [-0.4, -0.2) is 64.5 Å². The number of amides is 2.